The van der Waals surface area contributed by atoms with E-state index in [1.54, 1.807) is 37.3 Å². The van der Waals surface area contributed by atoms with Gasteiger partial charge in [-0.15, -0.1) is 0 Å². The van der Waals surface area contributed by atoms with Crippen molar-refractivity contribution in [3.8, 4) is 5.75 Å². The molecule has 0 unspecified atom stereocenters. The first kappa shape index (κ1) is 14.5. The van der Waals surface area contributed by atoms with Crippen molar-refractivity contribution in [1.82, 2.24) is 0 Å². The molecule has 1 amide bonds. The van der Waals surface area contributed by atoms with Gasteiger partial charge in [-0.25, -0.2) is 0 Å². The van der Waals surface area contributed by atoms with Crippen LogP contribution in [0.5, 0.6) is 5.75 Å². The Labute approximate surface area is 121 Å². The second-order valence-corrected chi connectivity index (χ2v) is 4.39. The molecule has 0 aliphatic rings. The van der Waals surface area contributed by atoms with Gasteiger partial charge in [0.2, 0.25) is 0 Å². The Bertz CT molecular complexity index is 684. The Kier molecular flexibility index (Phi) is 4.18. The number of nitro groups is 1. The highest BCUT2D eigenvalue weighted by Gasteiger charge is 2.26. The van der Waals surface area contributed by atoms with Crippen molar-refractivity contribution in [2.45, 2.75) is 6.92 Å². The largest absolute Gasteiger partial charge is 0.495 e. The van der Waals surface area contributed by atoms with Crippen LogP contribution in [0, 0.1) is 17.0 Å². The molecule has 0 aliphatic carbocycles. The van der Waals surface area contributed by atoms with E-state index in [1.165, 1.54) is 13.2 Å². The molecule has 0 heterocycles. The summed E-state index contributed by atoms with van der Waals surface area (Å²) in [6, 6.07) is 11.6. The van der Waals surface area contributed by atoms with Crippen LogP contribution in [0.2, 0.25) is 0 Å². The minimum atomic E-state index is -0.595. The van der Waals surface area contributed by atoms with Gasteiger partial charge in [-0.3, -0.25) is 14.9 Å². The number of carbonyl (C=O) groups is 1. The highest BCUT2D eigenvalue weighted by Crippen LogP contribution is 2.32. The summed E-state index contributed by atoms with van der Waals surface area (Å²) in [4.78, 5) is 22.9. The van der Waals surface area contributed by atoms with Gasteiger partial charge in [-0.05, 0) is 30.7 Å². The number of rotatable bonds is 4. The van der Waals surface area contributed by atoms with Crippen LogP contribution in [0.4, 0.5) is 11.4 Å². The smallest absolute Gasteiger partial charge is 0.285 e. The zero-order chi connectivity index (χ0) is 15.4. The van der Waals surface area contributed by atoms with Crippen LogP contribution < -0.4 is 10.1 Å². The van der Waals surface area contributed by atoms with Crippen LogP contribution in [0.25, 0.3) is 0 Å². The Hall–Kier alpha value is -2.89. The van der Waals surface area contributed by atoms with E-state index in [0.717, 1.165) is 0 Å². The molecule has 0 atom stereocenters. The van der Waals surface area contributed by atoms with Gasteiger partial charge in [0.05, 0.1) is 12.0 Å². The van der Waals surface area contributed by atoms with E-state index < -0.39 is 10.8 Å². The Balaban J connectivity index is 2.48. The van der Waals surface area contributed by atoms with Gasteiger partial charge in [0.25, 0.3) is 11.6 Å². The Morgan fingerprint density at radius 3 is 2.43 bits per heavy atom. The molecule has 2 rings (SSSR count). The zero-order valence-corrected chi connectivity index (χ0v) is 11.6. The topological polar surface area (TPSA) is 81.5 Å². The van der Waals surface area contributed by atoms with Crippen LogP contribution in [0.3, 0.4) is 0 Å². The lowest BCUT2D eigenvalue weighted by Gasteiger charge is -2.12. The van der Waals surface area contributed by atoms with Crippen LogP contribution in [0.15, 0.2) is 42.5 Å². The van der Waals surface area contributed by atoms with Crippen molar-refractivity contribution in [1.29, 1.82) is 0 Å². The van der Waals surface area contributed by atoms with E-state index in [0.29, 0.717) is 11.3 Å². The molecule has 0 saturated carbocycles. The summed E-state index contributed by atoms with van der Waals surface area (Å²) in [6.45, 7) is 1.72. The first-order valence-electron chi connectivity index (χ1n) is 6.23. The number of anilines is 1. The average Bonchev–Trinajstić information content (AvgIpc) is 2.47. The molecule has 0 radical (unpaired) electrons. The summed E-state index contributed by atoms with van der Waals surface area (Å²) in [5.41, 5.74) is 0.846. The number of nitrogens with zero attached hydrogens (tertiary/aromatic N) is 1. The molecule has 6 nitrogen and oxygen atoms in total. The van der Waals surface area contributed by atoms with Crippen molar-refractivity contribution in [2.24, 2.45) is 0 Å². The predicted octanol–water partition coefficient (Wildman–Crippen LogP) is 3.16. The van der Waals surface area contributed by atoms with Gasteiger partial charge < -0.3 is 10.1 Å². The average molecular weight is 286 g/mol. The quantitative estimate of drug-likeness (QED) is 0.691. The van der Waals surface area contributed by atoms with E-state index >= 15 is 0 Å². The van der Waals surface area contributed by atoms with Crippen molar-refractivity contribution in [2.75, 3.05) is 12.4 Å². The van der Waals surface area contributed by atoms with E-state index in [1.807, 2.05) is 6.07 Å². The second kappa shape index (κ2) is 6.04. The number of hydrogen-bond donors (Lipinski definition) is 1. The lowest BCUT2D eigenvalue weighted by atomic mass is 10.1. The first-order chi connectivity index (χ1) is 10.0. The predicted molar refractivity (Wildman–Crippen MR) is 78.8 cm³/mol. The number of amides is 1. The number of benzene rings is 2. The molecular weight excluding hydrogens is 272 g/mol. The van der Waals surface area contributed by atoms with Crippen molar-refractivity contribution >= 4 is 17.3 Å². The molecule has 0 spiro atoms. The molecule has 0 aromatic heterocycles. The van der Waals surface area contributed by atoms with Crippen LogP contribution in [-0.2, 0) is 0 Å². The number of carbonyl (C=O) groups excluding carboxylic acids is 1. The maximum absolute atomic E-state index is 12.4. The monoisotopic (exact) mass is 286 g/mol. The van der Waals surface area contributed by atoms with Gasteiger partial charge in [0, 0.05) is 11.8 Å². The number of hydrogen-bond acceptors (Lipinski definition) is 4. The summed E-state index contributed by atoms with van der Waals surface area (Å²) in [6.07, 6.45) is 0. The minimum absolute atomic E-state index is 0.0775. The lowest BCUT2D eigenvalue weighted by Crippen LogP contribution is -2.15. The number of nitro benzene ring substituents is 1. The number of aryl methyl sites for hydroxylation is 1. The second-order valence-electron chi connectivity index (χ2n) is 4.39. The molecule has 21 heavy (non-hydrogen) atoms. The molecule has 0 bridgehead atoms. The van der Waals surface area contributed by atoms with E-state index in [-0.39, 0.29) is 17.0 Å². The highest BCUT2D eigenvalue weighted by molar-refractivity contribution is 6.09. The fraction of sp³-hybridized carbons (Fsp3) is 0.133. The number of ether oxygens (including phenoxy) is 1. The summed E-state index contributed by atoms with van der Waals surface area (Å²) >= 11 is 0. The molecule has 108 valence electrons. The highest BCUT2D eigenvalue weighted by atomic mass is 16.6. The lowest BCUT2D eigenvalue weighted by molar-refractivity contribution is -0.385. The van der Waals surface area contributed by atoms with Gasteiger partial charge in [-0.2, -0.15) is 0 Å². The summed E-state index contributed by atoms with van der Waals surface area (Å²) < 4.78 is 5.16. The Morgan fingerprint density at radius 1 is 1.19 bits per heavy atom. The summed E-state index contributed by atoms with van der Waals surface area (Å²) in [5.74, 6) is -0.369. The molecule has 1 N–H and O–H groups in total. The molecule has 6 heteroatoms. The molecular formula is C15H14N2O4. The molecule has 0 fully saturated rings. The van der Waals surface area contributed by atoms with Crippen molar-refractivity contribution in [3.05, 3.63) is 63.7 Å². The van der Waals surface area contributed by atoms with Crippen LogP contribution in [-0.4, -0.2) is 17.9 Å². The van der Waals surface area contributed by atoms with Gasteiger partial charge >= 0.3 is 0 Å². The molecule has 2 aromatic rings. The third-order valence-corrected chi connectivity index (χ3v) is 2.99. The van der Waals surface area contributed by atoms with Crippen molar-refractivity contribution < 1.29 is 14.5 Å². The number of para-hydroxylation sites is 1. The van der Waals surface area contributed by atoms with Gasteiger partial charge in [0.1, 0.15) is 5.75 Å². The zero-order valence-electron chi connectivity index (χ0n) is 11.6. The normalized spacial score (nSPS) is 10.0. The molecule has 2 aromatic carbocycles. The fourth-order valence-corrected chi connectivity index (χ4v) is 2.03. The van der Waals surface area contributed by atoms with E-state index in [4.69, 9.17) is 4.74 Å². The third-order valence-electron chi connectivity index (χ3n) is 2.99. The SMILES string of the molecule is COc1c(C)ccc([N+](=O)[O-])c1C(=O)Nc1ccccc1. The molecule has 0 saturated heterocycles. The van der Waals surface area contributed by atoms with Gasteiger partial charge in [0.15, 0.2) is 5.56 Å². The van der Waals surface area contributed by atoms with E-state index in [9.17, 15) is 14.9 Å². The van der Waals surface area contributed by atoms with Crippen LogP contribution in [0.1, 0.15) is 15.9 Å². The minimum Gasteiger partial charge on any atom is -0.495 e. The number of methoxy groups -OCH3 is 1. The third kappa shape index (κ3) is 3.00. The number of nitrogens with one attached hydrogen (secondary N) is 1. The van der Waals surface area contributed by atoms with Crippen LogP contribution >= 0.6 is 0 Å². The standard InChI is InChI=1S/C15H14N2O4/c1-10-8-9-12(17(19)20)13(14(10)21-2)15(18)16-11-6-4-3-5-7-11/h3-9H,1-2H3,(H,16,18). The Morgan fingerprint density at radius 2 is 1.86 bits per heavy atom. The first-order valence-corrected chi connectivity index (χ1v) is 6.23. The van der Waals surface area contributed by atoms with E-state index in [2.05, 4.69) is 5.32 Å². The maximum Gasteiger partial charge on any atom is 0.285 e. The maximum atomic E-state index is 12.4. The molecule has 0 aliphatic heterocycles. The van der Waals surface area contributed by atoms with Gasteiger partial charge in [-0.1, -0.05) is 18.2 Å². The summed E-state index contributed by atoms with van der Waals surface area (Å²) in [7, 11) is 1.38. The van der Waals surface area contributed by atoms with Crippen molar-refractivity contribution in [3.63, 3.8) is 0 Å². The summed E-state index contributed by atoms with van der Waals surface area (Å²) in [5, 5.41) is 13.8. The fourth-order valence-electron chi connectivity index (χ4n) is 2.03.